The monoisotopic (exact) mass is 720 g/mol. The lowest BCUT2D eigenvalue weighted by atomic mass is 9.85. The van der Waals surface area contributed by atoms with Gasteiger partial charge in [0.1, 0.15) is 22.3 Å². The van der Waals surface area contributed by atoms with Crippen LogP contribution in [0.5, 0.6) is 0 Å². The third kappa shape index (κ3) is 4.63. The zero-order chi connectivity index (χ0) is 43.7. The first kappa shape index (κ1) is 24.1. The predicted molar refractivity (Wildman–Crippen MR) is 235 cm³/mol. The first-order valence-electron chi connectivity index (χ1n) is 22.5. The largest absolute Gasteiger partial charge is 0.456 e. The van der Waals surface area contributed by atoms with Crippen LogP contribution in [0.2, 0.25) is 0 Å². The van der Waals surface area contributed by atoms with E-state index in [2.05, 4.69) is 18.2 Å². The van der Waals surface area contributed by atoms with Crippen molar-refractivity contribution in [3.8, 4) is 44.5 Å². The van der Waals surface area contributed by atoms with E-state index in [-0.39, 0.29) is 45.7 Å². The molecule has 12 rings (SSSR count). The molecular formula is C54H32O2. The molecule has 0 amide bonds. The molecule has 0 fully saturated rings. The standard InChI is InChI=1S/C54H32O2/c1-2-11-33(12-3-1)34-21-23-35(24-22-34)51-41-14-4-6-16-43(41)52(44-17-7-5-15-42(44)51)38-26-27-40-36(31-38)13-10-19-39(40)37-25-28-46-50(32-37)56-49-30-29-48-53(54(46)49)45-18-8-9-20-47(45)55-48/h1-32H/i4D,5D,6D,7D,14D,15D,16D,17D. The fourth-order valence-corrected chi connectivity index (χ4v) is 8.60. The van der Waals surface area contributed by atoms with Gasteiger partial charge in [-0.25, -0.2) is 0 Å². The molecule has 56 heavy (non-hydrogen) atoms. The number of para-hydroxylation sites is 1. The topological polar surface area (TPSA) is 26.3 Å². The summed E-state index contributed by atoms with van der Waals surface area (Å²) in [5, 5.41) is 6.47. The fraction of sp³-hybridized carbons (Fsp3) is 0. The molecule has 2 nitrogen and oxygen atoms in total. The molecule has 12 aromatic rings. The normalized spacial score (nSPS) is 13.9. The molecule has 10 aromatic carbocycles. The van der Waals surface area contributed by atoms with Gasteiger partial charge in [-0.15, -0.1) is 0 Å². The van der Waals surface area contributed by atoms with E-state index in [0.717, 1.165) is 76.9 Å². The SMILES string of the molecule is [2H]c1c([2H])c([2H])c2c(-c3ccc4c(-c5ccc6c(c5)oc5ccc7oc8ccccc8c7c56)cccc4c3)c3c([2H])c([2H])c([2H])c([2H])c3c(-c3ccc(-c4ccccc4)cc3)c2c1[2H]. The summed E-state index contributed by atoms with van der Waals surface area (Å²) < 4.78 is 85.6. The van der Waals surface area contributed by atoms with Gasteiger partial charge in [-0.3, -0.25) is 0 Å². The first-order chi connectivity index (χ1) is 31.1. The Kier molecular flexibility index (Phi) is 5.18. The zero-order valence-electron chi connectivity index (χ0n) is 37.7. The molecule has 0 saturated heterocycles. The Labute approximate surface area is 333 Å². The summed E-state index contributed by atoms with van der Waals surface area (Å²) in [6.07, 6.45) is 0. The third-order valence-corrected chi connectivity index (χ3v) is 11.1. The van der Waals surface area contributed by atoms with E-state index < -0.39 is 24.2 Å². The van der Waals surface area contributed by atoms with E-state index in [4.69, 9.17) is 14.3 Å². The van der Waals surface area contributed by atoms with Gasteiger partial charge in [0.2, 0.25) is 0 Å². The Morgan fingerprint density at radius 2 is 0.857 bits per heavy atom. The summed E-state index contributed by atoms with van der Waals surface area (Å²) in [5.74, 6) is 0. The van der Waals surface area contributed by atoms with Crippen LogP contribution in [-0.4, -0.2) is 0 Å². The highest BCUT2D eigenvalue weighted by Gasteiger charge is 2.19. The van der Waals surface area contributed by atoms with Crippen molar-refractivity contribution in [2.24, 2.45) is 0 Å². The van der Waals surface area contributed by atoms with Crippen LogP contribution in [0.3, 0.4) is 0 Å². The van der Waals surface area contributed by atoms with Crippen molar-refractivity contribution in [2.75, 3.05) is 0 Å². The highest BCUT2D eigenvalue weighted by atomic mass is 16.3. The van der Waals surface area contributed by atoms with E-state index in [1.54, 1.807) is 0 Å². The van der Waals surface area contributed by atoms with Crippen LogP contribution in [0.25, 0.3) is 121 Å². The summed E-state index contributed by atoms with van der Waals surface area (Å²) in [4.78, 5) is 0. The van der Waals surface area contributed by atoms with Gasteiger partial charge in [-0.2, -0.15) is 0 Å². The van der Waals surface area contributed by atoms with Gasteiger partial charge >= 0.3 is 0 Å². The minimum Gasteiger partial charge on any atom is -0.456 e. The quantitative estimate of drug-likeness (QED) is 0.169. The Morgan fingerprint density at radius 1 is 0.321 bits per heavy atom. The second kappa shape index (κ2) is 12.0. The van der Waals surface area contributed by atoms with E-state index in [0.29, 0.717) is 22.3 Å². The molecule has 0 saturated carbocycles. The molecule has 2 aromatic heterocycles. The molecule has 0 unspecified atom stereocenters. The molecule has 0 aliphatic carbocycles. The average molecular weight is 721 g/mol. The van der Waals surface area contributed by atoms with Gasteiger partial charge < -0.3 is 8.83 Å². The van der Waals surface area contributed by atoms with Gasteiger partial charge in [-0.1, -0.05) is 158 Å². The van der Waals surface area contributed by atoms with E-state index in [1.807, 2.05) is 127 Å². The van der Waals surface area contributed by atoms with E-state index in [1.165, 1.54) is 0 Å². The van der Waals surface area contributed by atoms with Gasteiger partial charge in [0.25, 0.3) is 0 Å². The minimum atomic E-state index is -0.435. The van der Waals surface area contributed by atoms with Gasteiger partial charge in [0, 0.05) is 21.5 Å². The minimum absolute atomic E-state index is 0.177. The van der Waals surface area contributed by atoms with Gasteiger partial charge in [0.15, 0.2) is 0 Å². The number of benzene rings is 10. The molecule has 0 aliphatic rings. The van der Waals surface area contributed by atoms with E-state index >= 15 is 0 Å². The molecule has 0 bridgehead atoms. The summed E-state index contributed by atoms with van der Waals surface area (Å²) in [6.45, 7) is 0. The molecule has 2 heteroatoms. The van der Waals surface area contributed by atoms with E-state index in [9.17, 15) is 5.48 Å². The maximum Gasteiger partial charge on any atom is 0.136 e. The Bertz CT molecular complexity index is 3900. The summed E-state index contributed by atoms with van der Waals surface area (Å²) >= 11 is 0. The van der Waals surface area contributed by atoms with Crippen LogP contribution in [0.4, 0.5) is 0 Å². The van der Waals surface area contributed by atoms with Crippen LogP contribution < -0.4 is 0 Å². The van der Waals surface area contributed by atoms with Crippen molar-refractivity contribution in [3.63, 3.8) is 0 Å². The average Bonchev–Trinajstić information content (AvgIpc) is 3.90. The molecule has 0 N–H and O–H groups in total. The van der Waals surface area contributed by atoms with Gasteiger partial charge in [-0.05, 0) is 113 Å². The highest BCUT2D eigenvalue weighted by molar-refractivity contribution is 6.26. The Balaban J connectivity index is 1.09. The molecule has 260 valence electrons. The van der Waals surface area contributed by atoms with Crippen LogP contribution in [-0.2, 0) is 0 Å². The summed E-state index contributed by atoms with van der Waals surface area (Å²) in [5.41, 5.74) is 8.63. The summed E-state index contributed by atoms with van der Waals surface area (Å²) in [7, 11) is 0. The van der Waals surface area contributed by atoms with Crippen molar-refractivity contribution in [1.82, 2.24) is 0 Å². The Hall–Kier alpha value is -7.42. The molecule has 0 spiro atoms. The maximum atomic E-state index is 9.41. The van der Waals surface area contributed by atoms with Gasteiger partial charge in [0.05, 0.1) is 11.0 Å². The number of hydrogen-bond acceptors (Lipinski definition) is 2. The summed E-state index contributed by atoms with van der Waals surface area (Å²) in [6, 6.07) is 44.3. The first-order valence-corrected chi connectivity index (χ1v) is 18.5. The smallest absolute Gasteiger partial charge is 0.136 e. The fourth-order valence-electron chi connectivity index (χ4n) is 8.60. The maximum absolute atomic E-state index is 9.41. The number of furan rings is 2. The molecule has 0 aliphatic heterocycles. The van der Waals surface area contributed by atoms with Crippen LogP contribution in [0.1, 0.15) is 11.0 Å². The van der Waals surface area contributed by atoms with Crippen molar-refractivity contribution >= 4 is 76.2 Å². The molecular weight excluding hydrogens is 681 g/mol. The van der Waals surface area contributed by atoms with Crippen LogP contribution in [0, 0.1) is 0 Å². The van der Waals surface area contributed by atoms with Crippen LogP contribution >= 0.6 is 0 Å². The number of rotatable bonds is 4. The third-order valence-electron chi connectivity index (χ3n) is 11.1. The van der Waals surface area contributed by atoms with Crippen LogP contribution in [0.15, 0.2) is 203 Å². The lowest BCUT2D eigenvalue weighted by Crippen LogP contribution is -1.91. The second-order valence-corrected chi connectivity index (χ2v) is 14.2. The van der Waals surface area contributed by atoms with Crippen molar-refractivity contribution < 1.29 is 19.8 Å². The van der Waals surface area contributed by atoms with Crippen molar-refractivity contribution in [1.29, 1.82) is 0 Å². The molecule has 2 heterocycles. The molecule has 0 atom stereocenters. The number of fused-ring (bicyclic) bond motifs is 10. The Morgan fingerprint density at radius 3 is 1.57 bits per heavy atom. The number of hydrogen-bond donors (Lipinski definition) is 0. The zero-order valence-corrected chi connectivity index (χ0v) is 29.7. The van der Waals surface area contributed by atoms with Crippen molar-refractivity contribution in [3.05, 3.63) is 194 Å². The highest BCUT2D eigenvalue weighted by Crippen LogP contribution is 2.46. The molecule has 0 radical (unpaired) electrons. The lowest BCUT2D eigenvalue weighted by Gasteiger charge is -2.18. The van der Waals surface area contributed by atoms with Crippen molar-refractivity contribution in [2.45, 2.75) is 0 Å². The second-order valence-electron chi connectivity index (χ2n) is 14.2. The lowest BCUT2D eigenvalue weighted by molar-refractivity contribution is 0.663. The predicted octanol–water partition coefficient (Wildman–Crippen LogP) is 15.6.